The van der Waals surface area contributed by atoms with Gasteiger partial charge in [0.25, 0.3) is 0 Å². The number of hydrogen-bond acceptors (Lipinski definition) is 2. The molecule has 0 saturated heterocycles. The van der Waals surface area contributed by atoms with Crippen LogP contribution < -0.4 is 5.32 Å². The van der Waals surface area contributed by atoms with E-state index in [-0.39, 0.29) is 0 Å². The van der Waals surface area contributed by atoms with Crippen LogP contribution in [-0.2, 0) is 13.0 Å². The third kappa shape index (κ3) is 4.25. The summed E-state index contributed by atoms with van der Waals surface area (Å²) in [6, 6.07) is 10.0. The zero-order valence-electron chi connectivity index (χ0n) is 9.55. The van der Waals surface area contributed by atoms with E-state index in [1.54, 1.807) is 11.3 Å². The third-order valence-electron chi connectivity index (χ3n) is 2.49. The number of benzene rings is 1. The summed E-state index contributed by atoms with van der Waals surface area (Å²) in [5.41, 5.74) is 1.19. The number of nitrogens with one attached hydrogen (secondary N) is 1. The van der Waals surface area contributed by atoms with Gasteiger partial charge in [-0.1, -0.05) is 29.3 Å². The number of rotatable bonds is 5. The lowest BCUT2D eigenvalue weighted by Gasteiger charge is -2.05. The number of hydrogen-bond donors (Lipinski definition) is 1. The second-order valence-corrected chi connectivity index (χ2v) is 6.94. The first-order chi connectivity index (χ1) is 8.65. The van der Waals surface area contributed by atoms with Gasteiger partial charge in [-0.15, -0.1) is 11.3 Å². The van der Waals surface area contributed by atoms with E-state index in [0.717, 1.165) is 33.3 Å². The van der Waals surface area contributed by atoms with Crippen molar-refractivity contribution in [1.29, 1.82) is 0 Å². The van der Waals surface area contributed by atoms with Gasteiger partial charge in [0.1, 0.15) is 0 Å². The normalized spacial score (nSPS) is 10.8. The predicted molar refractivity (Wildman–Crippen MR) is 83.9 cm³/mol. The topological polar surface area (TPSA) is 12.0 Å². The van der Waals surface area contributed by atoms with Crippen LogP contribution in [0.3, 0.4) is 0 Å². The maximum Gasteiger partial charge on any atom is 0.0931 e. The van der Waals surface area contributed by atoms with Crippen LogP contribution in [0.4, 0.5) is 0 Å². The summed E-state index contributed by atoms with van der Waals surface area (Å²) in [5, 5.41) is 4.15. The molecule has 0 unspecified atom stereocenters. The Kier molecular flexibility index (Phi) is 5.52. The zero-order valence-corrected chi connectivity index (χ0v) is 13.5. The molecule has 18 heavy (non-hydrogen) atoms. The van der Waals surface area contributed by atoms with Gasteiger partial charge in [0.15, 0.2) is 0 Å². The summed E-state index contributed by atoms with van der Waals surface area (Å²) in [6.07, 6.45) is 1.00. The molecule has 1 heterocycles. The van der Waals surface area contributed by atoms with Gasteiger partial charge < -0.3 is 5.32 Å². The van der Waals surface area contributed by atoms with E-state index < -0.39 is 0 Å². The van der Waals surface area contributed by atoms with Crippen LogP contribution in [0.25, 0.3) is 0 Å². The number of halogens is 3. The molecule has 1 aromatic heterocycles. The molecule has 0 atom stereocenters. The molecular weight excluding hydrogens is 353 g/mol. The van der Waals surface area contributed by atoms with E-state index in [9.17, 15) is 0 Å². The van der Waals surface area contributed by atoms with E-state index in [1.165, 1.54) is 10.4 Å². The van der Waals surface area contributed by atoms with Crippen molar-refractivity contribution in [1.82, 2.24) is 5.32 Å². The predicted octanol–water partition coefficient (Wildman–Crippen LogP) is 5.15. The van der Waals surface area contributed by atoms with E-state index in [4.69, 9.17) is 23.2 Å². The Morgan fingerprint density at radius 2 is 2.00 bits per heavy atom. The van der Waals surface area contributed by atoms with Gasteiger partial charge >= 0.3 is 0 Å². The fraction of sp³-hybridized carbons (Fsp3) is 0.231. The minimum atomic E-state index is 0.749. The average Bonchev–Trinajstić information content (AvgIpc) is 2.75. The van der Waals surface area contributed by atoms with Crippen molar-refractivity contribution in [2.75, 3.05) is 6.54 Å². The van der Waals surface area contributed by atoms with Gasteiger partial charge in [-0.3, -0.25) is 0 Å². The van der Waals surface area contributed by atoms with E-state index in [0.29, 0.717) is 0 Å². The second-order valence-electron chi connectivity index (χ2n) is 3.88. The van der Waals surface area contributed by atoms with Gasteiger partial charge in [-0.25, -0.2) is 0 Å². The highest BCUT2D eigenvalue weighted by Gasteiger charge is 2.00. The lowest BCUT2D eigenvalue weighted by molar-refractivity contribution is 0.690. The Balaban J connectivity index is 1.76. The summed E-state index contributed by atoms with van der Waals surface area (Å²) in [7, 11) is 0. The molecule has 5 heteroatoms. The maximum absolute atomic E-state index is 6.04. The van der Waals surface area contributed by atoms with Crippen LogP contribution in [-0.4, -0.2) is 6.54 Å². The molecule has 0 saturated carbocycles. The number of thiophene rings is 1. The molecule has 0 spiro atoms. The quantitative estimate of drug-likeness (QED) is 0.723. The van der Waals surface area contributed by atoms with Crippen molar-refractivity contribution >= 4 is 50.5 Å². The molecule has 0 aliphatic carbocycles. The van der Waals surface area contributed by atoms with Gasteiger partial charge in [-0.05, 0) is 52.2 Å². The van der Waals surface area contributed by atoms with E-state index in [1.807, 2.05) is 18.2 Å². The Morgan fingerprint density at radius 1 is 1.17 bits per heavy atom. The van der Waals surface area contributed by atoms with Crippen LogP contribution in [0.1, 0.15) is 10.4 Å². The Morgan fingerprint density at radius 3 is 2.67 bits per heavy atom. The summed E-state index contributed by atoms with van der Waals surface area (Å²) < 4.78 is 1.78. The summed E-state index contributed by atoms with van der Waals surface area (Å²) in [5.74, 6) is 0. The van der Waals surface area contributed by atoms with Crippen LogP contribution in [0.15, 0.2) is 34.8 Å². The highest BCUT2D eigenvalue weighted by molar-refractivity contribution is 9.10. The van der Waals surface area contributed by atoms with Crippen molar-refractivity contribution in [2.24, 2.45) is 0 Å². The maximum atomic E-state index is 6.04. The Hall–Kier alpha value is -0.0600. The smallest absolute Gasteiger partial charge is 0.0931 e. The third-order valence-corrected chi connectivity index (χ3v) is 5.01. The van der Waals surface area contributed by atoms with Crippen molar-refractivity contribution in [3.05, 3.63) is 54.6 Å². The molecule has 0 amide bonds. The Bertz CT molecular complexity index is 527. The lowest BCUT2D eigenvalue weighted by atomic mass is 10.2. The van der Waals surface area contributed by atoms with Gasteiger partial charge in [0.05, 0.1) is 9.36 Å². The standard InChI is InChI=1S/C13H12BrCl2NS/c14-11-3-1-9(7-12(11)15)8-17-6-5-10-2-4-13(16)18-10/h1-4,7,17H,5-6,8H2. The minimum absolute atomic E-state index is 0.749. The molecule has 0 aliphatic rings. The lowest BCUT2D eigenvalue weighted by Crippen LogP contribution is -2.16. The summed E-state index contributed by atoms with van der Waals surface area (Å²) in [6.45, 7) is 1.76. The van der Waals surface area contributed by atoms with Gasteiger partial charge in [-0.2, -0.15) is 0 Å². The largest absolute Gasteiger partial charge is 0.312 e. The van der Waals surface area contributed by atoms with Crippen molar-refractivity contribution in [3.8, 4) is 0 Å². The van der Waals surface area contributed by atoms with Crippen LogP contribution in [0, 0.1) is 0 Å². The molecule has 1 nitrogen and oxygen atoms in total. The molecule has 1 N–H and O–H groups in total. The minimum Gasteiger partial charge on any atom is -0.312 e. The SMILES string of the molecule is Clc1ccc(CCNCc2ccc(Br)c(Cl)c2)s1. The highest BCUT2D eigenvalue weighted by Crippen LogP contribution is 2.23. The first-order valence-electron chi connectivity index (χ1n) is 5.54. The first kappa shape index (κ1) is 14.4. The first-order valence-corrected chi connectivity index (χ1v) is 7.90. The molecule has 0 bridgehead atoms. The van der Waals surface area contributed by atoms with Crippen LogP contribution in [0.2, 0.25) is 9.36 Å². The summed E-state index contributed by atoms with van der Waals surface area (Å²) >= 11 is 16.9. The van der Waals surface area contributed by atoms with Crippen molar-refractivity contribution in [2.45, 2.75) is 13.0 Å². The van der Waals surface area contributed by atoms with Gasteiger partial charge in [0, 0.05) is 22.4 Å². The fourth-order valence-corrected chi connectivity index (χ4v) is 3.12. The second kappa shape index (κ2) is 6.92. The van der Waals surface area contributed by atoms with Crippen molar-refractivity contribution < 1.29 is 0 Å². The van der Waals surface area contributed by atoms with E-state index >= 15 is 0 Å². The Labute approximate surface area is 129 Å². The van der Waals surface area contributed by atoms with E-state index in [2.05, 4.69) is 33.4 Å². The molecule has 2 rings (SSSR count). The zero-order chi connectivity index (χ0) is 13.0. The summed E-state index contributed by atoms with van der Waals surface area (Å²) in [4.78, 5) is 1.31. The van der Waals surface area contributed by atoms with Gasteiger partial charge in [0.2, 0.25) is 0 Å². The molecule has 0 radical (unpaired) electrons. The monoisotopic (exact) mass is 363 g/mol. The molecule has 2 aromatic rings. The molecule has 0 aliphatic heterocycles. The molecular formula is C13H12BrCl2NS. The average molecular weight is 365 g/mol. The van der Waals surface area contributed by atoms with Crippen LogP contribution >= 0.6 is 50.5 Å². The molecule has 0 fully saturated rings. The highest BCUT2D eigenvalue weighted by atomic mass is 79.9. The molecule has 1 aromatic carbocycles. The fourth-order valence-electron chi connectivity index (χ4n) is 1.58. The molecule has 96 valence electrons. The van der Waals surface area contributed by atoms with Crippen molar-refractivity contribution in [3.63, 3.8) is 0 Å². The van der Waals surface area contributed by atoms with Crippen LogP contribution in [0.5, 0.6) is 0 Å².